The first-order valence-electron chi connectivity index (χ1n) is 13.3. The Balaban J connectivity index is 1.76. The molecule has 2 bridgehead atoms. The summed E-state index contributed by atoms with van der Waals surface area (Å²) in [7, 11) is 0. The van der Waals surface area contributed by atoms with Crippen molar-refractivity contribution in [2.24, 2.45) is 17.8 Å². The Bertz CT molecular complexity index is 1090. The molecule has 0 aromatic heterocycles. The summed E-state index contributed by atoms with van der Waals surface area (Å²) in [5.41, 5.74) is -0.714. The van der Waals surface area contributed by atoms with E-state index in [0.717, 1.165) is 0 Å². The van der Waals surface area contributed by atoms with E-state index in [1.165, 1.54) is 9.80 Å². The Morgan fingerprint density at radius 3 is 2.68 bits per heavy atom. The van der Waals surface area contributed by atoms with Crippen molar-refractivity contribution in [3.05, 3.63) is 54.6 Å². The van der Waals surface area contributed by atoms with Gasteiger partial charge in [-0.2, -0.15) is 0 Å². The molecule has 2 amide bonds. The number of hydrogen-bond acceptors (Lipinski definition) is 6. The number of likely N-dealkylation sites (tertiary alicyclic amines) is 1. The lowest BCUT2D eigenvalue weighted by atomic mass is 9.70. The van der Waals surface area contributed by atoms with Crippen LogP contribution in [0.15, 0.2) is 49.6 Å². The largest absolute Gasteiger partial charge is 0.465 e. The number of nitrogens with zero attached hydrogens (tertiary/aromatic N) is 2. The molecule has 3 heterocycles. The molecule has 2 unspecified atom stereocenters. The molecule has 4 rings (SSSR count). The molecule has 0 radical (unpaired) electrons. The maximum atomic E-state index is 14.5. The summed E-state index contributed by atoms with van der Waals surface area (Å²) in [6.07, 6.45) is 5.18. The number of esters is 1. The molecule has 3 aliphatic heterocycles. The second-order valence-electron chi connectivity index (χ2n) is 10.6. The highest BCUT2D eigenvalue weighted by Gasteiger charge is 2.75. The SMILES string of the molecule is C=CCCCOC(=O)[C@@H]1[C@H]2C(=O)N([C@@H](CO)C(C)C)C(C(=O)N(CC=C)c3ccccc3Cl)C23CC[C@H]1O3. The lowest BCUT2D eigenvalue weighted by Gasteiger charge is -2.40. The second kappa shape index (κ2) is 11.6. The zero-order valence-corrected chi connectivity index (χ0v) is 22.8. The van der Waals surface area contributed by atoms with Crippen molar-refractivity contribution in [3.8, 4) is 0 Å². The standard InChI is InChI=1S/C29H37ClN2O6/c1-5-7-10-16-37-28(36)23-22-13-14-29(38-22)24(23)26(34)32(21(17-33)18(3)4)25(29)27(35)31(15-6-2)20-12-9-8-11-19(20)30/h5-6,8-9,11-12,18,21-25,33H,1-2,7,10,13-17H2,3-4H3/t21-,22+,23-,24-,25?,29?/m0/s1. The average Bonchev–Trinajstić information content (AvgIpc) is 3.53. The molecule has 1 aromatic rings. The minimum Gasteiger partial charge on any atom is -0.465 e. The normalized spacial score (nSPS) is 28.3. The molecule has 0 aliphatic carbocycles. The van der Waals surface area contributed by atoms with Crippen LogP contribution in [0.5, 0.6) is 0 Å². The van der Waals surface area contributed by atoms with Gasteiger partial charge in [0.2, 0.25) is 5.91 Å². The van der Waals surface area contributed by atoms with Gasteiger partial charge in [-0.1, -0.05) is 49.7 Å². The first-order chi connectivity index (χ1) is 18.2. The van der Waals surface area contributed by atoms with E-state index >= 15 is 0 Å². The van der Waals surface area contributed by atoms with E-state index in [2.05, 4.69) is 13.2 Å². The highest BCUT2D eigenvalue weighted by Crippen LogP contribution is 2.59. The number of para-hydroxylation sites is 1. The number of amides is 2. The number of aliphatic hydroxyl groups excluding tert-OH is 1. The highest BCUT2D eigenvalue weighted by atomic mass is 35.5. The van der Waals surface area contributed by atoms with Gasteiger partial charge in [-0.3, -0.25) is 14.4 Å². The number of fused-ring (bicyclic) bond motifs is 1. The lowest BCUT2D eigenvalue weighted by molar-refractivity contribution is -0.156. The number of anilines is 1. The van der Waals surface area contributed by atoms with Crippen molar-refractivity contribution in [1.82, 2.24) is 4.90 Å². The van der Waals surface area contributed by atoms with Gasteiger partial charge in [0, 0.05) is 6.54 Å². The number of unbranched alkanes of at least 4 members (excludes halogenated alkanes) is 1. The first-order valence-corrected chi connectivity index (χ1v) is 13.7. The number of benzene rings is 1. The van der Waals surface area contributed by atoms with Crippen molar-refractivity contribution < 1.29 is 29.0 Å². The molecule has 0 saturated carbocycles. The average molecular weight is 545 g/mol. The van der Waals surface area contributed by atoms with Crippen LogP contribution in [0.4, 0.5) is 5.69 Å². The van der Waals surface area contributed by atoms with Crippen LogP contribution in [-0.4, -0.2) is 71.3 Å². The number of hydrogen-bond donors (Lipinski definition) is 1. The predicted octanol–water partition coefficient (Wildman–Crippen LogP) is 3.76. The summed E-state index contributed by atoms with van der Waals surface area (Å²) in [6.45, 7) is 11.3. The van der Waals surface area contributed by atoms with Gasteiger partial charge in [-0.15, -0.1) is 13.2 Å². The third-order valence-corrected chi connectivity index (χ3v) is 8.40. The summed E-state index contributed by atoms with van der Waals surface area (Å²) in [5, 5.41) is 10.7. The van der Waals surface area contributed by atoms with E-state index in [-0.39, 0.29) is 37.5 Å². The number of ether oxygens (including phenoxy) is 2. The van der Waals surface area contributed by atoms with Crippen LogP contribution >= 0.6 is 11.6 Å². The van der Waals surface area contributed by atoms with Crippen molar-refractivity contribution in [3.63, 3.8) is 0 Å². The number of halogens is 1. The fourth-order valence-corrected chi connectivity index (χ4v) is 6.60. The maximum Gasteiger partial charge on any atom is 0.312 e. The topological polar surface area (TPSA) is 96.4 Å². The molecule has 6 atom stereocenters. The summed E-state index contributed by atoms with van der Waals surface area (Å²) in [6, 6.07) is 5.31. The monoisotopic (exact) mass is 544 g/mol. The van der Waals surface area contributed by atoms with Gasteiger partial charge in [0.05, 0.1) is 47.9 Å². The van der Waals surface area contributed by atoms with Crippen LogP contribution in [-0.2, 0) is 23.9 Å². The third kappa shape index (κ3) is 4.67. The summed E-state index contributed by atoms with van der Waals surface area (Å²) in [4.78, 5) is 44.9. The number of aliphatic hydroxyl groups is 1. The molecule has 206 valence electrons. The van der Waals surface area contributed by atoms with Crippen molar-refractivity contribution in [1.29, 1.82) is 0 Å². The van der Waals surface area contributed by atoms with E-state index in [1.807, 2.05) is 13.8 Å². The van der Waals surface area contributed by atoms with Crippen molar-refractivity contribution in [2.45, 2.75) is 63.3 Å². The van der Waals surface area contributed by atoms with Gasteiger partial charge in [-0.25, -0.2) is 0 Å². The number of carbonyl (C=O) groups is 3. The van der Waals surface area contributed by atoms with Crippen LogP contribution in [0.2, 0.25) is 5.02 Å². The summed E-state index contributed by atoms with van der Waals surface area (Å²) >= 11 is 6.49. The van der Waals surface area contributed by atoms with Gasteiger partial charge in [0.15, 0.2) is 0 Å². The van der Waals surface area contributed by atoms with Crippen LogP contribution < -0.4 is 4.90 Å². The maximum absolute atomic E-state index is 14.5. The minimum atomic E-state index is -1.20. The molecule has 9 heteroatoms. The summed E-state index contributed by atoms with van der Waals surface area (Å²) in [5.74, 6) is -3.04. The number of rotatable bonds is 12. The van der Waals surface area contributed by atoms with Gasteiger partial charge in [0.25, 0.3) is 5.91 Å². The van der Waals surface area contributed by atoms with Crippen LogP contribution in [0.1, 0.15) is 39.5 Å². The molecule has 3 saturated heterocycles. The molecule has 38 heavy (non-hydrogen) atoms. The molecule has 1 N–H and O–H groups in total. The van der Waals surface area contributed by atoms with Crippen LogP contribution in [0.25, 0.3) is 0 Å². The van der Waals surface area contributed by atoms with E-state index in [9.17, 15) is 19.5 Å². The zero-order chi connectivity index (χ0) is 27.6. The number of carbonyl (C=O) groups excluding carboxylic acids is 3. The Hall–Kier alpha value is -2.68. The van der Waals surface area contributed by atoms with Gasteiger partial charge in [0.1, 0.15) is 11.6 Å². The smallest absolute Gasteiger partial charge is 0.312 e. The summed E-state index contributed by atoms with van der Waals surface area (Å²) < 4.78 is 12.0. The zero-order valence-electron chi connectivity index (χ0n) is 22.1. The second-order valence-corrected chi connectivity index (χ2v) is 11.0. The van der Waals surface area contributed by atoms with Crippen LogP contribution in [0, 0.1) is 17.8 Å². The third-order valence-electron chi connectivity index (χ3n) is 8.08. The van der Waals surface area contributed by atoms with Crippen molar-refractivity contribution in [2.75, 3.05) is 24.7 Å². The molecular formula is C29H37ClN2O6. The molecular weight excluding hydrogens is 508 g/mol. The minimum absolute atomic E-state index is 0.149. The number of allylic oxidation sites excluding steroid dienone is 1. The molecule has 3 aliphatic rings. The highest BCUT2D eigenvalue weighted by molar-refractivity contribution is 6.34. The van der Waals surface area contributed by atoms with E-state index in [0.29, 0.717) is 36.4 Å². The first kappa shape index (κ1) is 28.3. The Kier molecular flexibility index (Phi) is 8.65. The molecule has 1 spiro atoms. The molecule has 8 nitrogen and oxygen atoms in total. The fraction of sp³-hybridized carbons (Fsp3) is 0.552. The lowest BCUT2D eigenvalue weighted by Crippen LogP contribution is -2.59. The fourth-order valence-electron chi connectivity index (χ4n) is 6.37. The Morgan fingerprint density at radius 1 is 1.32 bits per heavy atom. The van der Waals surface area contributed by atoms with Gasteiger partial charge in [-0.05, 0) is 43.7 Å². The van der Waals surface area contributed by atoms with E-state index in [1.54, 1.807) is 36.4 Å². The van der Waals surface area contributed by atoms with E-state index in [4.69, 9.17) is 21.1 Å². The van der Waals surface area contributed by atoms with Gasteiger partial charge >= 0.3 is 5.97 Å². The van der Waals surface area contributed by atoms with Gasteiger partial charge < -0.3 is 24.4 Å². The van der Waals surface area contributed by atoms with Crippen molar-refractivity contribution >= 4 is 35.1 Å². The Morgan fingerprint density at radius 2 is 2.05 bits per heavy atom. The van der Waals surface area contributed by atoms with E-state index < -0.39 is 41.6 Å². The van der Waals surface area contributed by atoms with Crippen LogP contribution in [0.3, 0.4) is 0 Å². The molecule has 1 aromatic carbocycles. The Labute approximate surface area is 229 Å². The quantitative estimate of drug-likeness (QED) is 0.244. The molecule has 3 fully saturated rings. The predicted molar refractivity (Wildman–Crippen MR) is 145 cm³/mol.